The predicted octanol–water partition coefficient (Wildman–Crippen LogP) is 1.16. The summed E-state index contributed by atoms with van der Waals surface area (Å²) in [5.74, 6) is 0. The van der Waals surface area contributed by atoms with Gasteiger partial charge in [-0.3, -0.25) is 4.98 Å². The van der Waals surface area contributed by atoms with Gasteiger partial charge in [0.2, 0.25) is 0 Å². The van der Waals surface area contributed by atoms with Crippen molar-refractivity contribution in [3.63, 3.8) is 0 Å². The van der Waals surface area contributed by atoms with Crippen LogP contribution in [0.1, 0.15) is 18.7 Å². The molecule has 0 spiro atoms. The van der Waals surface area contributed by atoms with Crippen LogP contribution in [0.15, 0.2) is 6.20 Å². The number of hydrogen-bond acceptors (Lipinski definition) is 2. The molecule has 1 nitrogen and oxygen atoms in total. The van der Waals surface area contributed by atoms with E-state index in [4.69, 9.17) is 0 Å². The van der Waals surface area contributed by atoms with Gasteiger partial charge in [-0.15, -0.1) is 11.3 Å². The fourth-order valence-electron chi connectivity index (χ4n) is 0.901. The Balaban J connectivity index is 2.65. The number of aromatic nitrogens is 1. The lowest BCUT2D eigenvalue weighted by atomic mass is 10.1. The van der Waals surface area contributed by atoms with Crippen LogP contribution in [-0.2, 0) is 6.42 Å². The third-order valence-corrected chi connectivity index (χ3v) is 2.56. The van der Waals surface area contributed by atoms with Crippen LogP contribution in [0, 0.1) is 0 Å². The summed E-state index contributed by atoms with van der Waals surface area (Å²) in [5, 5.41) is 0. The van der Waals surface area contributed by atoms with Gasteiger partial charge >= 0.3 is 0 Å². The van der Waals surface area contributed by atoms with Crippen LogP contribution < -0.4 is 4.91 Å². The zero-order valence-electron chi connectivity index (χ0n) is 7.02. The predicted molar refractivity (Wildman–Crippen MR) is 62.1 cm³/mol. The quantitative estimate of drug-likeness (QED) is 0.449. The minimum absolute atomic E-state index is 0.358. The summed E-state index contributed by atoms with van der Waals surface area (Å²) in [6.07, 6.45) is 3.11. The van der Waals surface area contributed by atoms with Crippen molar-refractivity contribution in [2.75, 3.05) is 0 Å². The minimum atomic E-state index is 0.358. The van der Waals surface area contributed by atoms with E-state index in [0.717, 1.165) is 6.42 Å². The van der Waals surface area contributed by atoms with E-state index in [1.807, 2.05) is 14.0 Å². The highest BCUT2D eigenvalue weighted by molar-refractivity contribution is 14.1. The number of rotatable bonds is 2. The Bertz CT molecular complexity index is 241. The number of hydrogen-bond donors (Lipinski definition) is 0. The first-order chi connectivity index (χ1) is 4.97. The Morgan fingerprint density at radius 2 is 2.36 bits per heavy atom. The zero-order chi connectivity index (χ0) is 8.48. The van der Waals surface area contributed by atoms with Crippen molar-refractivity contribution in [3.8, 4) is 0 Å². The molecule has 11 heavy (non-hydrogen) atoms. The standard InChI is InChI=1S/C7H11BINS/c1-7(2,9)3-5-4-10-6(8)11-5/h4H,3,8H2,1-2H3. The van der Waals surface area contributed by atoms with Gasteiger partial charge in [0.15, 0.2) is 7.85 Å². The molecule has 4 heteroatoms. The van der Waals surface area contributed by atoms with E-state index in [2.05, 4.69) is 41.4 Å². The van der Waals surface area contributed by atoms with Gasteiger partial charge in [0, 0.05) is 19.4 Å². The number of halogens is 1. The smallest absolute Gasteiger partial charge is 0.177 e. The summed E-state index contributed by atoms with van der Waals surface area (Å²) >= 11 is 4.27. The molecule has 0 aromatic carbocycles. The lowest BCUT2D eigenvalue weighted by Gasteiger charge is -2.13. The summed E-state index contributed by atoms with van der Waals surface area (Å²) in [5.41, 5.74) is 0. The molecule has 0 aliphatic rings. The molecular formula is C7H11BINS. The highest BCUT2D eigenvalue weighted by Crippen LogP contribution is 2.23. The fraction of sp³-hybridized carbons (Fsp3) is 0.571. The molecule has 0 unspecified atom stereocenters. The van der Waals surface area contributed by atoms with Crippen molar-refractivity contribution in [3.05, 3.63) is 11.1 Å². The third-order valence-electron chi connectivity index (χ3n) is 1.26. The molecular weight excluding hydrogens is 268 g/mol. The third kappa shape index (κ3) is 3.56. The number of thiazole rings is 1. The van der Waals surface area contributed by atoms with Crippen molar-refractivity contribution in [1.29, 1.82) is 0 Å². The molecule has 1 aromatic heterocycles. The number of nitrogens with zero attached hydrogens (tertiary/aromatic N) is 1. The Hall–Kier alpha value is 0.425. The van der Waals surface area contributed by atoms with E-state index in [-0.39, 0.29) is 0 Å². The summed E-state index contributed by atoms with van der Waals surface area (Å²) in [6.45, 7) is 4.48. The summed E-state index contributed by atoms with van der Waals surface area (Å²) in [4.78, 5) is 6.77. The van der Waals surface area contributed by atoms with Crippen LogP contribution in [0.5, 0.6) is 0 Å². The van der Waals surface area contributed by atoms with E-state index < -0.39 is 0 Å². The zero-order valence-corrected chi connectivity index (χ0v) is 9.99. The van der Waals surface area contributed by atoms with Gasteiger partial charge < -0.3 is 0 Å². The van der Waals surface area contributed by atoms with Gasteiger partial charge in [-0.2, -0.15) is 0 Å². The molecule has 1 rings (SSSR count). The van der Waals surface area contributed by atoms with Crippen molar-refractivity contribution >= 4 is 46.7 Å². The van der Waals surface area contributed by atoms with Gasteiger partial charge in [-0.1, -0.05) is 36.4 Å². The molecule has 0 N–H and O–H groups in total. The van der Waals surface area contributed by atoms with E-state index in [1.165, 1.54) is 9.78 Å². The van der Waals surface area contributed by atoms with Crippen LogP contribution in [0.2, 0.25) is 0 Å². The van der Waals surface area contributed by atoms with Crippen molar-refractivity contribution in [2.24, 2.45) is 0 Å². The lowest BCUT2D eigenvalue weighted by molar-refractivity contribution is 0.752. The highest BCUT2D eigenvalue weighted by atomic mass is 127. The van der Waals surface area contributed by atoms with Gasteiger partial charge in [0.1, 0.15) is 0 Å². The first-order valence-corrected chi connectivity index (χ1v) is 5.47. The minimum Gasteiger partial charge on any atom is -0.261 e. The molecule has 60 valence electrons. The SMILES string of the molecule is Bc1ncc(CC(C)(C)I)s1. The van der Waals surface area contributed by atoms with Crippen molar-refractivity contribution < 1.29 is 0 Å². The average Bonchev–Trinajstić information content (AvgIpc) is 2.10. The van der Waals surface area contributed by atoms with Crippen LogP contribution in [0.4, 0.5) is 0 Å². The van der Waals surface area contributed by atoms with E-state index in [0.29, 0.717) is 3.42 Å². The van der Waals surface area contributed by atoms with Crippen molar-refractivity contribution in [2.45, 2.75) is 23.7 Å². The van der Waals surface area contributed by atoms with Crippen LogP contribution in [0.3, 0.4) is 0 Å². The molecule has 0 aliphatic heterocycles. The van der Waals surface area contributed by atoms with E-state index >= 15 is 0 Å². The average molecular weight is 279 g/mol. The Morgan fingerprint density at radius 1 is 1.73 bits per heavy atom. The molecule has 0 saturated carbocycles. The maximum Gasteiger partial charge on any atom is 0.177 e. The van der Waals surface area contributed by atoms with E-state index in [1.54, 1.807) is 11.3 Å². The molecule has 1 aromatic rings. The lowest BCUT2D eigenvalue weighted by Crippen LogP contribution is -2.11. The normalized spacial score (nSPS) is 11.9. The van der Waals surface area contributed by atoms with Crippen LogP contribution >= 0.6 is 33.9 Å². The van der Waals surface area contributed by atoms with Crippen LogP contribution in [-0.4, -0.2) is 16.3 Å². The number of alkyl halides is 1. The van der Waals surface area contributed by atoms with Crippen molar-refractivity contribution in [1.82, 2.24) is 4.98 Å². The monoisotopic (exact) mass is 279 g/mol. The first kappa shape index (κ1) is 9.51. The maximum atomic E-state index is 4.22. The van der Waals surface area contributed by atoms with Gasteiger partial charge in [0.05, 0.1) is 0 Å². The second-order valence-electron chi connectivity index (χ2n) is 3.24. The molecule has 0 fully saturated rings. The molecule has 0 amide bonds. The van der Waals surface area contributed by atoms with E-state index in [9.17, 15) is 0 Å². The molecule has 0 aliphatic carbocycles. The molecule has 0 bridgehead atoms. The topological polar surface area (TPSA) is 12.9 Å². The second-order valence-corrected chi connectivity index (χ2v) is 7.48. The fourth-order valence-corrected chi connectivity index (χ4v) is 2.59. The highest BCUT2D eigenvalue weighted by Gasteiger charge is 2.14. The van der Waals surface area contributed by atoms with Gasteiger partial charge in [-0.25, -0.2) is 0 Å². The maximum absolute atomic E-state index is 4.22. The Morgan fingerprint density at radius 3 is 2.73 bits per heavy atom. The Labute approximate surface area is 86.2 Å². The molecule has 0 radical (unpaired) electrons. The summed E-state index contributed by atoms with van der Waals surface area (Å²) < 4.78 is 0.358. The summed E-state index contributed by atoms with van der Waals surface area (Å²) in [7, 11) is 2.05. The first-order valence-electron chi connectivity index (χ1n) is 3.57. The molecule has 1 heterocycles. The molecule has 0 saturated heterocycles. The van der Waals surface area contributed by atoms with Gasteiger partial charge in [-0.05, 0) is 6.42 Å². The second kappa shape index (κ2) is 3.43. The Kier molecular flexibility index (Phi) is 2.97. The van der Waals surface area contributed by atoms with Crippen LogP contribution in [0.25, 0.3) is 0 Å². The van der Waals surface area contributed by atoms with Gasteiger partial charge in [0.25, 0.3) is 0 Å². The molecule has 0 atom stereocenters. The largest absolute Gasteiger partial charge is 0.261 e. The summed E-state index contributed by atoms with van der Waals surface area (Å²) in [6, 6.07) is 0.